The minimum absolute atomic E-state index is 0. The predicted octanol–water partition coefficient (Wildman–Crippen LogP) is 3.34. The third-order valence-electron chi connectivity index (χ3n) is 5.31. The summed E-state index contributed by atoms with van der Waals surface area (Å²) >= 11 is 0. The Morgan fingerprint density at radius 1 is 1.18 bits per heavy atom. The minimum Gasteiger partial charge on any atom is -0.396 e. The van der Waals surface area contributed by atoms with Gasteiger partial charge in [0.15, 0.2) is 5.96 Å². The molecule has 5 nitrogen and oxygen atoms in total. The number of aliphatic hydroxyl groups excluding tert-OH is 1. The van der Waals surface area contributed by atoms with E-state index in [0.717, 1.165) is 44.9 Å². The Bertz CT molecular complexity index is 755. The van der Waals surface area contributed by atoms with Crippen molar-refractivity contribution in [2.45, 2.75) is 26.2 Å². The molecule has 1 heterocycles. The lowest BCUT2D eigenvalue weighted by molar-refractivity contribution is 0.131. The summed E-state index contributed by atoms with van der Waals surface area (Å²) in [5, 5.41) is 18.8. The van der Waals surface area contributed by atoms with Gasteiger partial charge in [-0.25, -0.2) is 0 Å². The zero-order chi connectivity index (χ0) is 19.0. The number of nitrogens with zero attached hydrogens (tertiary/aromatic N) is 1. The number of hydrogen-bond donors (Lipinski definition) is 3. The van der Waals surface area contributed by atoms with Gasteiger partial charge in [0.1, 0.15) is 0 Å². The highest BCUT2D eigenvalue weighted by Gasteiger charge is 2.34. The molecule has 1 saturated heterocycles. The summed E-state index contributed by atoms with van der Waals surface area (Å²) in [6.45, 7) is 6.03. The van der Waals surface area contributed by atoms with Gasteiger partial charge in [-0.3, -0.25) is 4.99 Å². The van der Waals surface area contributed by atoms with Crippen molar-refractivity contribution in [3.05, 3.63) is 48.0 Å². The summed E-state index contributed by atoms with van der Waals surface area (Å²) in [6.07, 6.45) is 2.65. The van der Waals surface area contributed by atoms with Crippen LogP contribution in [0.1, 0.15) is 25.3 Å². The van der Waals surface area contributed by atoms with Crippen LogP contribution in [0.25, 0.3) is 10.8 Å². The van der Waals surface area contributed by atoms with E-state index in [9.17, 15) is 5.11 Å². The maximum Gasteiger partial charge on any atom is 0.191 e. The highest BCUT2D eigenvalue weighted by molar-refractivity contribution is 14.0. The molecule has 6 heteroatoms. The number of aliphatic imine (C=N–C) groups is 1. The molecule has 0 radical (unpaired) electrons. The second kappa shape index (κ2) is 11.6. The van der Waals surface area contributed by atoms with Gasteiger partial charge in [0, 0.05) is 31.7 Å². The minimum atomic E-state index is -0.0211. The fourth-order valence-electron chi connectivity index (χ4n) is 3.70. The van der Waals surface area contributed by atoms with Gasteiger partial charge in [-0.05, 0) is 42.5 Å². The summed E-state index contributed by atoms with van der Waals surface area (Å²) in [5.74, 6) is 0.835. The van der Waals surface area contributed by atoms with Crippen LogP contribution in [0.3, 0.4) is 0 Å². The first-order chi connectivity index (χ1) is 13.3. The van der Waals surface area contributed by atoms with E-state index in [1.54, 1.807) is 0 Å². The first-order valence-electron chi connectivity index (χ1n) is 9.94. The fraction of sp³-hybridized carbons (Fsp3) is 0.500. The van der Waals surface area contributed by atoms with Crippen molar-refractivity contribution < 1.29 is 9.84 Å². The maximum atomic E-state index is 9.38. The van der Waals surface area contributed by atoms with E-state index in [4.69, 9.17) is 9.73 Å². The molecule has 2 aromatic carbocycles. The van der Waals surface area contributed by atoms with E-state index in [1.807, 2.05) is 0 Å². The summed E-state index contributed by atoms with van der Waals surface area (Å²) in [7, 11) is 0. The van der Waals surface area contributed by atoms with Crippen LogP contribution in [0.5, 0.6) is 0 Å². The fourth-order valence-corrected chi connectivity index (χ4v) is 3.70. The second-order valence-corrected chi connectivity index (χ2v) is 7.29. The van der Waals surface area contributed by atoms with E-state index in [0.29, 0.717) is 13.2 Å². The topological polar surface area (TPSA) is 65.9 Å². The van der Waals surface area contributed by atoms with Gasteiger partial charge < -0.3 is 20.5 Å². The molecule has 1 aliphatic heterocycles. The molecule has 3 N–H and O–H groups in total. The van der Waals surface area contributed by atoms with E-state index >= 15 is 0 Å². The molecule has 0 aromatic heterocycles. The summed E-state index contributed by atoms with van der Waals surface area (Å²) < 4.78 is 5.56. The van der Waals surface area contributed by atoms with Crippen LogP contribution in [-0.2, 0) is 11.2 Å². The number of nitrogens with one attached hydrogen (secondary N) is 2. The third-order valence-corrected chi connectivity index (χ3v) is 5.31. The lowest BCUT2D eigenvalue weighted by atomic mass is 9.84. The van der Waals surface area contributed by atoms with Crippen molar-refractivity contribution >= 4 is 40.7 Å². The number of benzene rings is 2. The number of guanidine groups is 1. The number of aliphatic hydroxyl groups is 1. The molecule has 28 heavy (non-hydrogen) atoms. The predicted molar refractivity (Wildman–Crippen MR) is 127 cm³/mol. The van der Waals surface area contributed by atoms with Crippen LogP contribution >= 0.6 is 24.0 Å². The molecular weight excluding hydrogens is 465 g/mol. The molecule has 154 valence electrons. The Labute approximate surface area is 185 Å². The van der Waals surface area contributed by atoms with E-state index < -0.39 is 0 Å². The molecule has 0 aliphatic carbocycles. The van der Waals surface area contributed by atoms with E-state index in [-0.39, 0.29) is 36.0 Å². The molecule has 0 saturated carbocycles. The average molecular weight is 497 g/mol. The van der Waals surface area contributed by atoms with Gasteiger partial charge in [-0.15, -0.1) is 24.0 Å². The zero-order valence-electron chi connectivity index (χ0n) is 16.6. The van der Waals surface area contributed by atoms with Gasteiger partial charge in [-0.2, -0.15) is 0 Å². The van der Waals surface area contributed by atoms with Gasteiger partial charge in [0.2, 0.25) is 0 Å². The number of fused-ring (bicyclic) bond motifs is 1. The second-order valence-electron chi connectivity index (χ2n) is 7.29. The van der Waals surface area contributed by atoms with Gasteiger partial charge >= 0.3 is 0 Å². The first-order valence-corrected chi connectivity index (χ1v) is 9.94. The SMILES string of the molecule is CCNC(=NCC1(CCO)CCOC1)NCCc1cccc2ccccc12.I. The first kappa shape index (κ1) is 22.9. The molecule has 2 aromatic rings. The van der Waals surface area contributed by atoms with Crippen molar-refractivity contribution in [2.75, 3.05) is 39.5 Å². The van der Waals surface area contributed by atoms with Crippen LogP contribution in [0.15, 0.2) is 47.5 Å². The lowest BCUT2D eigenvalue weighted by Crippen LogP contribution is -2.39. The Balaban J connectivity index is 0.00000280. The molecule has 1 aliphatic rings. The van der Waals surface area contributed by atoms with E-state index in [2.05, 4.69) is 60.0 Å². The molecule has 1 unspecified atom stereocenters. The van der Waals surface area contributed by atoms with Crippen LogP contribution in [0, 0.1) is 5.41 Å². The van der Waals surface area contributed by atoms with Crippen molar-refractivity contribution in [1.29, 1.82) is 0 Å². The molecule has 0 spiro atoms. The average Bonchev–Trinajstić information content (AvgIpc) is 3.15. The Kier molecular flexibility index (Phi) is 9.47. The lowest BCUT2D eigenvalue weighted by Gasteiger charge is -2.24. The van der Waals surface area contributed by atoms with Crippen molar-refractivity contribution in [3.63, 3.8) is 0 Å². The Morgan fingerprint density at radius 3 is 2.75 bits per heavy atom. The highest BCUT2D eigenvalue weighted by Crippen LogP contribution is 2.32. The van der Waals surface area contributed by atoms with Crippen LogP contribution in [0.4, 0.5) is 0 Å². The number of hydrogen-bond acceptors (Lipinski definition) is 3. The van der Waals surface area contributed by atoms with Gasteiger partial charge in [0.05, 0.1) is 13.2 Å². The largest absolute Gasteiger partial charge is 0.396 e. The van der Waals surface area contributed by atoms with Crippen LogP contribution in [0.2, 0.25) is 0 Å². The number of ether oxygens (including phenoxy) is 1. The normalized spacial score (nSPS) is 19.4. The smallest absolute Gasteiger partial charge is 0.191 e. The zero-order valence-corrected chi connectivity index (χ0v) is 18.9. The molecule has 0 amide bonds. The highest BCUT2D eigenvalue weighted by atomic mass is 127. The van der Waals surface area contributed by atoms with Crippen molar-refractivity contribution in [2.24, 2.45) is 10.4 Å². The monoisotopic (exact) mass is 497 g/mol. The van der Waals surface area contributed by atoms with Crippen LogP contribution in [-0.4, -0.2) is 50.5 Å². The standard InChI is InChI=1S/C22H31N3O2.HI/c1-2-23-21(25-16-22(11-14-26)12-15-27-17-22)24-13-10-19-8-5-7-18-6-3-4-9-20(18)19;/h3-9,26H,2,10-17H2,1H3,(H2,23,24,25);1H. The Morgan fingerprint density at radius 2 is 2.00 bits per heavy atom. The molecule has 1 atom stereocenters. The molecule has 1 fully saturated rings. The van der Waals surface area contributed by atoms with Gasteiger partial charge in [0.25, 0.3) is 0 Å². The van der Waals surface area contributed by atoms with Gasteiger partial charge in [-0.1, -0.05) is 42.5 Å². The number of rotatable bonds is 8. The quantitative estimate of drug-likeness (QED) is 0.298. The summed E-state index contributed by atoms with van der Waals surface area (Å²) in [5.41, 5.74) is 1.32. The Hall–Kier alpha value is -1.38. The van der Waals surface area contributed by atoms with Crippen molar-refractivity contribution in [3.8, 4) is 0 Å². The van der Waals surface area contributed by atoms with Crippen LogP contribution < -0.4 is 10.6 Å². The third kappa shape index (κ3) is 6.06. The molecular formula is C22H32IN3O2. The summed E-state index contributed by atoms with van der Waals surface area (Å²) in [6, 6.07) is 15.0. The maximum absolute atomic E-state index is 9.38. The molecule has 0 bridgehead atoms. The molecule has 3 rings (SSSR count). The van der Waals surface area contributed by atoms with E-state index in [1.165, 1.54) is 16.3 Å². The summed E-state index contributed by atoms with van der Waals surface area (Å²) in [4.78, 5) is 4.78. The number of halogens is 1. The van der Waals surface area contributed by atoms with Crippen molar-refractivity contribution in [1.82, 2.24) is 10.6 Å².